The molecule has 1 N–H and O–H groups in total. The van der Waals surface area contributed by atoms with E-state index < -0.39 is 15.8 Å². The lowest BCUT2D eigenvalue weighted by atomic mass is 10.2. The maximum Gasteiger partial charge on any atom is 0.243 e. The molecule has 0 atom stereocenters. The van der Waals surface area contributed by atoms with Gasteiger partial charge in [0.1, 0.15) is 5.82 Å². The fourth-order valence-corrected chi connectivity index (χ4v) is 4.79. The first-order valence-electron chi connectivity index (χ1n) is 8.61. The summed E-state index contributed by atoms with van der Waals surface area (Å²) in [6, 6.07) is 9.14. The SMILES string of the molecule is O=S(=O)(c1ccc(F)c(Cl)c1)N1CCN(c2cc(-c3ccncc3)[nH]n2)CC1. The van der Waals surface area contributed by atoms with Crippen LogP contribution in [0.3, 0.4) is 0 Å². The van der Waals surface area contributed by atoms with Crippen LogP contribution < -0.4 is 4.90 Å². The normalized spacial score (nSPS) is 15.7. The number of sulfonamides is 1. The zero-order valence-corrected chi connectivity index (χ0v) is 16.3. The van der Waals surface area contributed by atoms with Gasteiger partial charge in [0.25, 0.3) is 0 Å². The molecular weight excluding hydrogens is 405 g/mol. The lowest BCUT2D eigenvalue weighted by Crippen LogP contribution is -2.48. The van der Waals surface area contributed by atoms with Crippen LogP contribution in [0.5, 0.6) is 0 Å². The van der Waals surface area contributed by atoms with Crippen LogP contribution in [0, 0.1) is 5.82 Å². The Morgan fingerprint density at radius 1 is 1.04 bits per heavy atom. The van der Waals surface area contributed by atoms with E-state index in [0.717, 1.165) is 29.2 Å². The predicted molar refractivity (Wildman–Crippen MR) is 104 cm³/mol. The molecule has 0 amide bonds. The highest BCUT2D eigenvalue weighted by atomic mass is 35.5. The van der Waals surface area contributed by atoms with Crippen LogP contribution in [0.1, 0.15) is 0 Å². The number of anilines is 1. The van der Waals surface area contributed by atoms with Crippen LogP contribution in [-0.2, 0) is 10.0 Å². The van der Waals surface area contributed by atoms with Crippen molar-refractivity contribution in [2.24, 2.45) is 0 Å². The van der Waals surface area contributed by atoms with Crippen molar-refractivity contribution >= 4 is 27.4 Å². The van der Waals surface area contributed by atoms with Gasteiger partial charge in [-0.3, -0.25) is 10.1 Å². The summed E-state index contributed by atoms with van der Waals surface area (Å²) in [5.41, 5.74) is 1.84. The number of pyridine rings is 1. The van der Waals surface area contributed by atoms with Gasteiger partial charge in [0, 0.05) is 50.2 Å². The minimum atomic E-state index is -3.72. The van der Waals surface area contributed by atoms with Gasteiger partial charge in [0.2, 0.25) is 10.0 Å². The van der Waals surface area contributed by atoms with Gasteiger partial charge in [-0.05, 0) is 30.3 Å². The van der Waals surface area contributed by atoms with Crippen LogP contribution in [0.25, 0.3) is 11.3 Å². The topological polar surface area (TPSA) is 82.2 Å². The second kappa shape index (κ2) is 7.50. The van der Waals surface area contributed by atoms with Crippen LogP contribution in [0.2, 0.25) is 5.02 Å². The fourth-order valence-electron chi connectivity index (χ4n) is 3.10. The second-order valence-corrected chi connectivity index (χ2v) is 8.69. The summed E-state index contributed by atoms with van der Waals surface area (Å²) in [5.74, 6) is 0.114. The molecule has 1 aliphatic heterocycles. The number of aromatic nitrogens is 3. The molecule has 0 bridgehead atoms. The van der Waals surface area contributed by atoms with E-state index in [2.05, 4.69) is 15.2 Å². The van der Waals surface area contributed by atoms with Crippen molar-refractivity contribution in [1.29, 1.82) is 0 Å². The summed E-state index contributed by atoms with van der Waals surface area (Å²) >= 11 is 5.73. The quantitative estimate of drug-likeness (QED) is 0.700. The van der Waals surface area contributed by atoms with Gasteiger partial charge in [0.15, 0.2) is 5.82 Å². The van der Waals surface area contributed by atoms with Crippen molar-refractivity contribution in [3.05, 3.63) is 59.6 Å². The van der Waals surface area contributed by atoms with Gasteiger partial charge in [-0.1, -0.05) is 11.6 Å². The van der Waals surface area contributed by atoms with Crippen molar-refractivity contribution in [1.82, 2.24) is 19.5 Å². The molecule has 3 aromatic rings. The summed E-state index contributed by atoms with van der Waals surface area (Å²) in [5, 5.41) is 7.12. The third kappa shape index (κ3) is 3.60. The van der Waals surface area contributed by atoms with E-state index in [1.165, 1.54) is 10.4 Å². The van der Waals surface area contributed by atoms with E-state index in [-0.39, 0.29) is 9.92 Å². The minimum Gasteiger partial charge on any atom is -0.352 e. The summed E-state index contributed by atoms with van der Waals surface area (Å²) in [4.78, 5) is 6.01. The zero-order valence-electron chi connectivity index (χ0n) is 14.7. The summed E-state index contributed by atoms with van der Waals surface area (Å²) in [6.07, 6.45) is 3.42. The van der Waals surface area contributed by atoms with E-state index in [4.69, 9.17) is 11.6 Å². The Hall–Kier alpha value is -2.49. The van der Waals surface area contributed by atoms with Crippen molar-refractivity contribution < 1.29 is 12.8 Å². The largest absolute Gasteiger partial charge is 0.352 e. The molecule has 3 heterocycles. The maximum absolute atomic E-state index is 13.3. The molecule has 2 aromatic heterocycles. The van der Waals surface area contributed by atoms with Crippen LogP contribution in [-0.4, -0.2) is 54.1 Å². The molecule has 0 aliphatic carbocycles. The molecule has 0 radical (unpaired) electrons. The number of H-pyrrole nitrogens is 1. The molecule has 1 aliphatic rings. The lowest BCUT2D eigenvalue weighted by molar-refractivity contribution is 0.383. The molecule has 4 rings (SSSR count). The molecule has 1 aromatic carbocycles. The van der Waals surface area contributed by atoms with Gasteiger partial charge in [-0.25, -0.2) is 12.8 Å². The average molecular weight is 422 g/mol. The fraction of sp³-hybridized carbons (Fsp3) is 0.222. The number of benzene rings is 1. The number of aromatic amines is 1. The average Bonchev–Trinajstić information content (AvgIpc) is 3.21. The van der Waals surface area contributed by atoms with Gasteiger partial charge in [0.05, 0.1) is 15.6 Å². The highest BCUT2D eigenvalue weighted by Gasteiger charge is 2.29. The summed E-state index contributed by atoms with van der Waals surface area (Å²) in [7, 11) is -3.72. The maximum atomic E-state index is 13.3. The van der Waals surface area contributed by atoms with E-state index in [1.807, 2.05) is 23.1 Å². The molecule has 28 heavy (non-hydrogen) atoms. The monoisotopic (exact) mass is 421 g/mol. The van der Waals surface area contributed by atoms with Gasteiger partial charge in [-0.2, -0.15) is 9.40 Å². The summed E-state index contributed by atoms with van der Waals surface area (Å²) < 4.78 is 40.3. The van der Waals surface area contributed by atoms with E-state index in [0.29, 0.717) is 26.2 Å². The Balaban J connectivity index is 1.46. The number of hydrogen-bond donors (Lipinski definition) is 1. The van der Waals surface area contributed by atoms with E-state index >= 15 is 0 Å². The first kappa shape index (κ1) is 18.9. The first-order valence-corrected chi connectivity index (χ1v) is 10.4. The first-order chi connectivity index (χ1) is 13.4. The molecule has 1 fully saturated rings. The number of nitrogens with zero attached hydrogens (tertiary/aromatic N) is 4. The molecule has 0 saturated carbocycles. The van der Waals surface area contributed by atoms with Gasteiger partial charge < -0.3 is 4.90 Å². The molecule has 7 nitrogen and oxygen atoms in total. The smallest absolute Gasteiger partial charge is 0.243 e. The molecule has 1 saturated heterocycles. The Bertz CT molecular complexity index is 1080. The van der Waals surface area contributed by atoms with Crippen LogP contribution in [0.15, 0.2) is 53.7 Å². The van der Waals surface area contributed by atoms with Gasteiger partial charge in [-0.15, -0.1) is 0 Å². The number of halogens is 2. The minimum absolute atomic E-state index is 0.00732. The van der Waals surface area contributed by atoms with Crippen molar-refractivity contribution in [3.63, 3.8) is 0 Å². The Morgan fingerprint density at radius 2 is 1.75 bits per heavy atom. The Labute approximate surface area is 166 Å². The second-order valence-electron chi connectivity index (χ2n) is 6.34. The highest BCUT2D eigenvalue weighted by molar-refractivity contribution is 7.89. The Kier molecular flexibility index (Phi) is 5.05. The summed E-state index contributed by atoms with van der Waals surface area (Å²) in [6.45, 7) is 1.59. The predicted octanol–water partition coefficient (Wildman–Crippen LogP) is 2.78. The highest BCUT2D eigenvalue weighted by Crippen LogP contribution is 2.25. The number of rotatable bonds is 4. The number of piperazine rings is 1. The van der Waals surface area contributed by atoms with Crippen LogP contribution in [0.4, 0.5) is 10.2 Å². The van der Waals surface area contributed by atoms with Crippen molar-refractivity contribution in [3.8, 4) is 11.3 Å². The van der Waals surface area contributed by atoms with Crippen molar-refractivity contribution in [2.75, 3.05) is 31.1 Å². The molecule has 0 spiro atoms. The number of nitrogens with one attached hydrogen (secondary N) is 1. The number of hydrogen-bond acceptors (Lipinski definition) is 5. The van der Waals surface area contributed by atoms with Crippen LogP contribution >= 0.6 is 11.6 Å². The molecule has 0 unspecified atom stereocenters. The lowest BCUT2D eigenvalue weighted by Gasteiger charge is -2.34. The Morgan fingerprint density at radius 3 is 2.43 bits per heavy atom. The third-order valence-electron chi connectivity index (χ3n) is 4.65. The molecule has 10 heteroatoms. The third-order valence-corrected chi connectivity index (χ3v) is 6.83. The molecular formula is C18H17ClFN5O2S. The standard InChI is InChI=1S/C18H17ClFN5O2S/c19-15-11-14(1-2-16(15)20)28(26,27)25-9-7-24(8-10-25)18-12-17(22-23-18)13-3-5-21-6-4-13/h1-6,11-12H,7-10H2,(H,22,23). The van der Waals surface area contributed by atoms with Crippen molar-refractivity contribution in [2.45, 2.75) is 4.90 Å². The van der Waals surface area contributed by atoms with Gasteiger partial charge >= 0.3 is 0 Å². The van der Waals surface area contributed by atoms with E-state index in [9.17, 15) is 12.8 Å². The molecule has 146 valence electrons. The zero-order chi connectivity index (χ0) is 19.7. The van der Waals surface area contributed by atoms with E-state index in [1.54, 1.807) is 12.4 Å².